The van der Waals surface area contributed by atoms with Crippen LogP contribution in [0.15, 0.2) is 42.6 Å². The summed E-state index contributed by atoms with van der Waals surface area (Å²) < 4.78 is 32.5. The van der Waals surface area contributed by atoms with Crippen LogP contribution in [0.4, 0.5) is 8.78 Å². The van der Waals surface area contributed by atoms with E-state index >= 15 is 0 Å². The van der Waals surface area contributed by atoms with E-state index in [4.69, 9.17) is 4.74 Å². The highest BCUT2D eigenvalue weighted by Crippen LogP contribution is 2.32. The van der Waals surface area contributed by atoms with Crippen LogP contribution in [-0.2, 0) is 0 Å². The van der Waals surface area contributed by atoms with E-state index in [0.717, 1.165) is 37.3 Å². The zero-order valence-corrected chi connectivity index (χ0v) is 11.4. The van der Waals surface area contributed by atoms with Crippen molar-refractivity contribution < 1.29 is 13.5 Å². The van der Waals surface area contributed by atoms with Crippen LogP contribution in [0.3, 0.4) is 0 Å². The van der Waals surface area contributed by atoms with Gasteiger partial charge in [0.25, 0.3) is 5.88 Å². The average molecular weight is 290 g/mol. The smallest absolute Gasteiger partial charge is 0.251 e. The monoisotopic (exact) mass is 290 g/mol. The number of pyridine rings is 1. The summed E-state index contributed by atoms with van der Waals surface area (Å²) >= 11 is 0. The van der Waals surface area contributed by atoms with Gasteiger partial charge in [-0.2, -0.15) is 0 Å². The lowest BCUT2D eigenvalue weighted by atomic mass is 9.95. The molecule has 0 saturated carbocycles. The first kappa shape index (κ1) is 13.9. The number of benzene rings is 1. The van der Waals surface area contributed by atoms with Gasteiger partial charge in [-0.05, 0) is 18.5 Å². The number of nitrogens with one attached hydrogen (secondary N) is 1. The van der Waals surface area contributed by atoms with Crippen molar-refractivity contribution >= 4 is 0 Å². The molecule has 3 nitrogen and oxygen atoms in total. The molecular formula is C16H16F2N2O. The lowest BCUT2D eigenvalue weighted by Crippen LogP contribution is -2.22. The van der Waals surface area contributed by atoms with E-state index in [-0.39, 0.29) is 17.9 Å². The van der Waals surface area contributed by atoms with E-state index in [0.29, 0.717) is 0 Å². The summed E-state index contributed by atoms with van der Waals surface area (Å²) in [6.07, 6.45) is 1.61. The fourth-order valence-corrected chi connectivity index (χ4v) is 2.62. The summed E-state index contributed by atoms with van der Waals surface area (Å²) in [6.45, 7) is 1.72. The standard InChI is InChI=1S/C16H16F2N2O/c17-13-8-14(18)16(20-10-13)21-15(12-6-7-19-9-12)11-4-2-1-3-5-11/h1-5,8,10,12,15,19H,6-7,9H2/t12?,15-/m0/s1. The van der Waals surface area contributed by atoms with Crippen LogP contribution in [0.25, 0.3) is 0 Å². The molecule has 5 heteroatoms. The Morgan fingerprint density at radius 2 is 2.05 bits per heavy atom. The van der Waals surface area contributed by atoms with Crippen molar-refractivity contribution in [2.24, 2.45) is 5.92 Å². The third-order valence-corrected chi connectivity index (χ3v) is 3.67. The molecule has 0 spiro atoms. The van der Waals surface area contributed by atoms with Crippen LogP contribution in [0.1, 0.15) is 18.1 Å². The fraction of sp³-hybridized carbons (Fsp3) is 0.312. The molecule has 1 fully saturated rings. The molecule has 1 N–H and O–H groups in total. The number of hydrogen-bond acceptors (Lipinski definition) is 3. The summed E-state index contributed by atoms with van der Waals surface area (Å²) in [5, 5.41) is 3.28. The average Bonchev–Trinajstić information content (AvgIpc) is 3.01. The molecule has 0 radical (unpaired) electrons. The Bertz CT molecular complexity index is 600. The number of rotatable bonds is 4. The van der Waals surface area contributed by atoms with Crippen LogP contribution < -0.4 is 10.1 Å². The highest BCUT2D eigenvalue weighted by molar-refractivity contribution is 5.22. The third kappa shape index (κ3) is 3.19. The van der Waals surface area contributed by atoms with Gasteiger partial charge in [0.1, 0.15) is 11.9 Å². The highest BCUT2D eigenvalue weighted by Gasteiger charge is 2.29. The lowest BCUT2D eigenvalue weighted by molar-refractivity contribution is 0.131. The maximum absolute atomic E-state index is 13.8. The van der Waals surface area contributed by atoms with E-state index in [1.54, 1.807) is 0 Å². The second-order valence-electron chi connectivity index (χ2n) is 5.14. The Morgan fingerprint density at radius 3 is 2.71 bits per heavy atom. The number of nitrogens with zero attached hydrogens (tertiary/aromatic N) is 1. The maximum atomic E-state index is 13.8. The van der Waals surface area contributed by atoms with Crippen molar-refractivity contribution in [3.8, 4) is 5.88 Å². The molecule has 1 aromatic heterocycles. The van der Waals surface area contributed by atoms with E-state index in [1.165, 1.54) is 0 Å². The van der Waals surface area contributed by atoms with Gasteiger partial charge in [0.15, 0.2) is 5.82 Å². The summed E-state index contributed by atoms with van der Waals surface area (Å²) in [5.41, 5.74) is 0.969. The van der Waals surface area contributed by atoms with Gasteiger partial charge >= 0.3 is 0 Å². The number of hydrogen-bond donors (Lipinski definition) is 1. The van der Waals surface area contributed by atoms with Gasteiger partial charge in [0, 0.05) is 18.5 Å². The first-order valence-electron chi connectivity index (χ1n) is 6.97. The fourth-order valence-electron chi connectivity index (χ4n) is 2.62. The molecule has 2 heterocycles. The molecule has 2 atom stereocenters. The lowest BCUT2D eigenvalue weighted by Gasteiger charge is -2.24. The normalized spacial score (nSPS) is 19.4. The molecule has 0 amide bonds. The van der Waals surface area contributed by atoms with Crippen molar-refractivity contribution in [2.75, 3.05) is 13.1 Å². The molecule has 1 saturated heterocycles. The van der Waals surface area contributed by atoms with Gasteiger partial charge in [-0.25, -0.2) is 13.8 Å². The molecule has 1 unspecified atom stereocenters. The van der Waals surface area contributed by atoms with Crippen LogP contribution in [-0.4, -0.2) is 18.1 Å². The van der Waals surface area contributed by atoms with E-state index < -0.39 is 11.6 Å². The molecule has 2 aromatic rings. The minimum Gasteiger partial charge on any atom is -0.467 e. The van der Waals surface area contributed by atoms with Crippen LogP contribution >= 0.6 is 0 Å². The van der Waals surface area contributed by atoms with E-state index in [1.807, 2.05) is 30.3 Å². The summed E-state index contributed by atoms with van der Waals surface area (Å²) in [7, 11) is 0. The SMILES string of the molecule is Fc1cnc(O[C@@H](c2ccccc2)C2CCNC2)c(F)c1. The van der Waals surface area contributed by atoms with Gasteiger partial charge in [-0.1, -0.05) is 30.3 Å². The summed E-state index contributed by atoms with van der Waals surface area (Å²) in [5.74, 6) is -1.41. The summed E-state index contributed by atoms with van der Waals surface area (Å²) in [6, 6.07) is 10.4. The van der Waals surface area contributed by atoms with Crippen molar-refractivity contribution in [2.45, 2.75) is 12.5 Å². The van der Waals surface area contributed by atoms with Gasteiger partial charge < -0.3 is 10.1 Å². The number of halogens is 2. The molecule has 1 aromatic carbocycles. The second-order valence-corrected chi connectivity index (χ2v) is 5.14. The van der Waals surface area contributed by atoms with Crippen LogP contribution in [0.2, 0.25) is 0 Å². The predicted molar refractivity (Wildman–Crippen MR) is 74.9 cm³/mol. The Hall–Kier alpha value is -2.01. The van der Waals surface area contributed by atoms with Gasteiger partial charge in [0.2, 0.25) is 0 Å². The molecule has 3 rings (SSSR count). The van der Waals surface area contributed by atoms with Crippen molar-refractivity contribution in [1.29, 1.82) is 0 Å². The summed E-state index contributed by atoms with van der Waals surface area (Å²) in [4.78, 5) is 3.72. The Balaban J connectivity index is 1.88. The molecule has 1 aliphatic rings. The molecular weight excluding hydrogens is 274 g/mol. The van der Waals surface area contributed by atoms with E-state index in [9.17, 15) is 8.78 Å². The van der Waals surface area contributed by atoms with Gasteiger partial charge in [-0.3, -0.25) is 0 Å². The maximum Gasteiger partial charge on any atom is 0.251 e. The zero-order valence-electron chi connectivity index (χ0n) is 11.4. The zero-order chi connectivity index (χ0) is 14.7. The molecule has 1 aliphatic heterocycles. The van der Waals surface area contributed by atoms with Gasteiger partial charge in [-0.15, -0.1) is 0 Å². The van der Waals surface area contributed by atoms with Crippen LogP contribution in [0, 0.1) is 17.6 Å². The quantitative estimate of drug-likeness (QED) is 0.939. The van der Waals surface area contributed by atoms with Gasteiger partial charge in [0.05, 0.1) is 6.20 Å². The number of aromatic nitrogens is 1. The highest BCUT2D eigenvalue weighted by atomic mass is 19.1. The topological polar surface area (TPSA) is 34.1 Å². The molecule has 110 valence electrons. The minimum atomic E-state index is -0.776. The Kier molecular flexibility index (Phi) is 4.10. The Labute approximate surface area is 122 Å². The molecule has 0 bridgehead atoms. The van der Waals surface area contributed by atoms with Crippen molar-refractivity contribution in [3.63, 3.8) is 0 Å². The predicted octanol–water partition coefficient (Wildman–Crippen LogP) is 3.09. The van der Waals surface area contributed by atoms with Crippen molar-refractivity contribution in [1.82, 2.24) is 10.3 Å². The Morgan fingerprint density at radius 1 is 1.24 bits per heavy atom. The third-order valence-electron chi connectivity index (χ3n) is 3.67. The first-order valence-corrected chi connectivity index (χ1v) is 6.97. The van der Waals surface area contributed by atoms with E-state index in [2.05, 4.69) is 10.3 Å². The largest absolute Gasteiger partial charge is 0.467 e. The molecule has 0 aliphatic carbocycles. The van der Waals surface area contributed by atoms with Crippen molar-refractivity contribution in [3.05, 3.63) is 59.8 Å². The second kappa shape index (κ2) is 6.18. The van der Waals surface area contributed by atoms with Crippen LogP contribution in [0.5, 0.6) is 5.88 Å². The molecule has 21 heavy (non-hydrogen) atoms. The minimum absolute atomic E-state index is 0.155. The first-order chi connectivity index (χ1) is 10.2. The number of ether oxygens (including phenoxy) is 1.